The van der Waals surface area contributed by atoms with Crippen molar-refractivity contribution in [3.05, 3.63) is 69.3 Å². The number of methoxy groups -OCH3 is 2. The van der Waals surface area contributed by atoms with Gasteiger partial charge in [0.2, 0.25) is 0 Å². The van der Waals surface area contributed by atoms with Gasteiger partial charge in [0.05, 0.1) is 11.4 Å². The van der Waals surface area contributed by atoms with Crippen molar-refractivity contribution in [1.82, 2.24) is 19.9 Å². The third-order valence-electron chi connectivity index (χ3n) is 10.9. The van der Waals surface area contributed by atoms with Crippen molar-refractivity contribution in [2.45, 2.75) is 130 Å². The molecule has 6 nitrogen and oxygen atoms in total. The van der Waals surface area contributed by atoms with Crippen molar-refractivity contribution in [2.75, 3.05) is 14.2 Å². The van der Waals surface area contributed by atoms with E-state index in [4.69, 9.17) is 19.4 Å². The fourth-order valence-corrected chi connectivity index (χ4v) is 8.70. The number of aromatic amines is 2. The van der Waals surface area contributed by atoms with E-state index in [0.717, 1.165) is 79.7 Å². The van der Waals surface area contributed by atoms with Crippen molar-refractivity contribution in [1.29, 1.82) is 0 Å². The second-order valence-electron chi connectivity index (χ2n) is 12.5. The minimum Gasteiger partial charge on any atom is -0.368 e. The van der Waals surface area contributed by atoms with Gasteiger partial charge in [-0.1, -0.05) is 55.4 Å². The topological polar surface area (TPSA) is 75.8 Å². The van der Waals surface area contributed by atoms with Crippen LogP contribution in [0.1, 0.15) is 138 Å². The molecule has 2 aliphatic rings. The van der Waals surface area contributed by atoms with Crippen molar-refractivity contribution in [2.24, 2.45) is 0 Å². The van der Waals surface area contributed by atoms with Gasteiger partial charge < -0.3 is 19.4 Å². The van der Waals surface area contributed by atoms with Crippen molar-refractivity contribution in [3.63, 3.8) is 0 Å². The monoisotopic (exact) mass is 598 g/mol. The Morgan fingerprint density at radius 2 is 0.932 bits per heavy atom. The number of nitrogens with one attached hydrogen (secondary N) is 2. The van der Waals surface area contributed by atoms with Crippen LogP contribution in [0.3, 0.4) is 0 Å². The molecular weight excluding hydrogens is 544 g/mol. The molecule has 3 aromatic heterocycles. The summed E-state index contributed by atoms with van der Waals surface area (Å²) in [6.45, 7) is 18.0. The maximum absolute atomic E-state index is 6.53. The molecule has 0 saturated heterocycles. The first-order valence-electron chi connectivity index (χ1n) is 17.2. The number of nitrogens with zero attached hydrogens (tertiary/aromatic N) is 2. The van der Waals surface area contributed by atoms with E-state index in [-0.39, 0.29) is 0 Å². The molecule has 2 aliphatic heterocycles. The van der Waals surface area contributed by atoms with Crippen molar-refractivity contribution >= 4 is 22.1 Å². The van der Waals surface area contributed by atoms with E-state index in [1.807, 2.05) is 14.2 Å². The molecule has 4 unspecified atom stereocenters. The first-order valence-corrected chi connectivity index (χ1v) is 17.2. The average Bonchev–Trinajstić information content (AvgIpc) is 3.73. The van der Waals surface area contributed by atoms with Gasteiger partial charge >= 0.3 is 0 Å². The molecule has 3 aromatic rings. The molecular formula is C38H54N4O2. The smallest absolute Gasteiger partial charge is 0.144 e. The summed E-state index contributed by atoms with van der Waals surface area (Å²) in [5.41, 5.74) is 12.8. The zero-order chi connectivity index (χ0) is 31.8. The Balaban J connectivity index is 2.06. The molecule has 0 spiro atoms. The Morgan fingerprint density at radius 1 is 0.545 bits per heavy atom. The van der Waals surface area contributed by atoms with Crippen LogP contribution in [-0.2, 0) is 46.4 Å². The largest absolute Gasteiger partial charge is 0.368 e. The van der Waals surface area contributed by atoms with Crippen LogP contribution in [0.25, 0.3) is 22.1 Å². The van der Waals surface area contributed by atoms with Gasteiger partial charge in [0.25, 0.3) is 0 Å². The number of ether oxygens (including phenoxy) is 2. The van der Waals surface area contributed by atoms with Gasteiger partial charge in [0.1, 0.15) is 11.2 Å². The molecule has 5 rings (SSSR count). The van der Waals surface area contributed by atoms with E-state index in [0.29, 0.717) is 11.8 Å². The Hall–Kier alpha value is -2.96. The van der Waals surface area contributed by atoms with Gasteiger partial charge in [0, 0.05) is 59.5 Å². The van der Waals surface area contributed by atoms with Gasteiger partial charge in [-0.15, -0.1) is 0 Å². The fraction of sp³-hybridized carbons (Fsp3) is 0.579. The molecule has 238 valence electrons. The van der Waals surface area contributed by atoms with E-state index in [1.165, 1.54) is 38.8 Å². The van der Waals surface area contributed by atoms with Crippen molar-refractivity contribution < 1.29 is 9.47 Å². The predicted molar refractivity (Wildman–Crippen MR) is 183 cm³/mol. The predicted octanol–water partition coefficient (Wildman–Crippen LogP) is 9.46. The molecule has 2 N–H and O–H groups in total. The molecule has 5 heterocycles. The van der Waals surface area contributed by atoms with E-state index in [1.54, 1.807) is 0 Å². The second-order valence-corrected chi connectivity index (χ2v) is 12.5. The number of H-pyrrole nitrogens is 2. The van der Waals surface area contributed by atoms with Gasteiger partial charge in [-0.05, 0) is 97.9 Å². The number of hydrogen-bond acceptors (Lipinski definition) is 4. The zero-order valence-corrected chi connectivity index (χ0v) is 28.8. The van der Waals surface area contributed by atoms with Gasteiger partial charge in [-0.2, -0.15) is 0 Å². The maximum Gasteiger partial charge on any atom is 0.144 e. The summed E-state index contributed by atoms with van der Waals surface area (Å²) in [4.78, 5) is 18.5. The quantitative estimate of drug-likeness (QED) is 0.244. The Bertz CT molecular complexity index is 1650. The van der Waals surface area contributed by atoms with Crippen LogP contribution in [-0.4, -0.2) is 34.2 Å². The molecule has 0 aromatic carbocycles. The normalized spacial score (nSPS) is 23.4. The van der Waals surface area contributed by atoms with Gasteiger partial charge in [-0.3, -0.25) is 9.97 Å². The molecule has 44 heavy (non-hydrogen) atoms. The third-order valence-corrected chi connectivity index (χ3v) is 10.9. The van der Waals surface area contributed by atoms with Crippen LogP contribution < -0.4 is 0 Å². The number of hydrogen-bond donors (Lipinski definition) is 2. The lowest BCUT2D eigenvalue weighted by Gasteiger charge is -2.42. The Kier molecular flexibility index (Phi) is 9.44. The SMILES string of the molecule is CCc1c(CC)c2cc3[nH]c(cc4nc(cc5nc(cc1[nH]2)C(CC)C5CC)C(CC)(OC)C4(CC)OC)c(CC)c3CC. The van der Waals surface area contributed by atoms with Crippen LogP contribution in [0.4, 0.5) is 0 Å². The van der Waals surface area contributed by atoms with Crippen LogP contribution in [0.2, 0.25) is 0 Å². The first kappa shape index (κ1) is 32.4. The highest BCUT2D eigenvalue weighted by Gasteiger charge is 2.58. The first-order chi connectivity index (χ1) is 21.3. The summed E-state index contributed by atoms with van der Waals surface area (Å²) < 4.78 is 13.1. The van der Waals surface area contributed by atoms with Gasteiger partial charge in [0.15, 0.2) is 0 Å². The van der Waals surface area contributed by atoms with Crippen LogP contribution in [0, 0.1) is 0 Å². The van der Waals surface area contributed by atoms with Crippen molar-refractivity contribution in [3.8, 4) is 0 Å². The van der Waals surface area contributed by atoms with E-state index >= 15 is 0 Å². The van der Waals surface area contributed by atoms with Crippen LogP contribution >= 0.6 is 0 Å². The molecule has 0 aliphatic carbocycles. The van der Waals surface area contributed by atoms with E-state index in [9.17, 15) is 0 Å². The summed E-state index contributed by atoms with van der Waals surface area (Å²) in [5.74, 6) is 0.675. The lowest BCUT2D eigenvalue weighted by molar-refractivity contribution is -0.197. The molecule has 0 saturated carbocycles. The molecule has 6 heteroatoms. The number of aryl methyl sites for hydroxylation is 4. The van der Waals surface area contributed by atoms with Gasteiger partial charge in [-0.25, -0.2) is 0 Å². The molecule has 4 atom stereocenters. The third kappa shape index (κ3) is 4.67. The summed E-state index contributed by atoms with van der Waals surface area (Å²) in [5, 5.41) is 0. The molecule has 8 bridgehead atoms. The highest BCUT2D eigenvalue weighted by Crippen LogP contribution is 2.53. The molecule has 0 amide bonds. The maximum atomic E-state index is 6.53. The highest BCUT2D eigenvalue weighted by molar-refractivity contribution is 5.79. The molecule has 0 fully saturated rings. The van der Waals surface area contributed by atoms with Crippen LogP contribution in [0.15, 0.2) is 24.3 Å². The van der Waals surface area contributed by atoms with Crippen LogP contribution in [0.5, 0.6) is 0 Å². The minimum atomic E-state index is -0.730. The number of fused-ring (bicyclic) bond motifs is 8. The lowest BCUT2D eigenvalue weighted by atomic mass is 9.75. The minimum absolute atomic E-state index is 0.323. The summed E-state index contributed by atoms with van der Waals surface area (Å²) in [7, 11) is 3.62. The fourth-order valence-electron chi connectivity index (χ4n) is 8.70. The second kappa shape index (κ2) is 12.8. The summed E-state index contributed by atoms with van der Waals surface area (Å²) >= 11 is 0. The average molecular weight is 599 g/mol. The lowest BCUT2D eigenvalue weighted by Crippen LogP contribution is -2.48. The zero-order valence-electron chi connectivity index (χ0n) is 28.8. The summed E-state index contributed by atoms with van der Waals surface area (Å²) in [6.07, 6.45) is 7.36. The summed E-state index contributed by atoms with van der Waals surface area (Å²) in [6, 6.07) is 9.16. The number of aromatic nitrogens is 4. The Labute approximate surface area is 264 Å². The van der Waals surface area contributed by atoms with E-state index in [2.05, 4.69) is 89.6 Å². The highest BCUT2D eigenvalue weighted by atomic mass is 16.6. The number of rotatable bonds is 10. The van der Waals surface area contributed by atoms with E-state index < -0.39 is 11.2 Å². The Morgan fingerprint density at radius 3 is 1.32 bits per heavy atom. The molecule has 0 radical (unpaired) electrons. The standard InChI is InChI=1S/C38H54N4O2/c1-11-23-24(12-2)30-20-32-26(14-4)28(16-6)34(41-32)22-36-38(18-8,44-10)37(17-7,43-9)35(42-36)21-33-27(15-5)25(13-3)31(40-33)19-29(23)39-30/h19-22,25,27,39,41H,11-18H2,1-10H3.